The van der Waals surface area contributed by atoms with E-state index in [2.05, 4.69) is 10.6 Å². The fraction of sp³-hybridized carbons (Fsp3) is 0.375. The van der Waals surface area contributed by atoms with Crippen molar-refractivity contribution < 1.29 is 29.0 Å². The number of carbonyl (C=O) groups is 3. The van der Waals surface area contributed by atoms with Gasteiger partial charge in [-0.3, -0.25) is 5.32 Å². The third-order valence-corrected chi connectivity index (χ3v) is 4.33. The molecule has 2 rings (SSSR count). The Hall–Kier alpha value is -3.23. The van der Waals surface area contributed by atoms with Gasteiger partial charge in [0.15, 0.2) is 0 Å². The van der Waals surface area contributed by atoms with Crippen LogP contribution in [0.2, 0.25) is 0 Å². The molecule has 2 aromatic carbocycles. The van der Waals surface area contributed by atoms with Gasteiger partial charge in [0, 0.05) is 6.42 Å². The number of rotatable bonds is 10. The van der Waals surface area contributed by atoms with E-state index in [1.807, 2.05) is 24.3 Å². The lowest BCUT2D eigenvalue weighted by Crippen LogP contribution is -2.48. The lowest BCUT2D eigenvalue weighted by molar-refractivity contribution is -0.148. The van der Waals surface area contributed by atoms with E-state index in [1.54, 1.807) is 57.2 Å². The molecule has 0 aliphatic rings. The number of hydrogen-bond acceptors (Lipinski definition) is 7. The highest BCUT2D eigenvalue weighted by atomic mass is 16.6. The second-order valence-corrected chi connectivity index (χ2v) is 8.23. The molecule has 0 bridgehead atoms. The molecule has 0 saturated carbocycles. The minimum Gasteiger partial charge on any atom is -0.459 e. The van der Waals surface area contributed by atoms with Crippen molar-refractivity contribution in [3.8, 4) is 0 Å². The lowest BCUT2D eigenvalue weighted by Gasteiger charge is -2.25. The molecular weight excluding hydrogens is 412 g/mol. The smallest absolute Gasteiger partial charge is 0.408 e. The van der Waals surface area contributed by atoms with Crippen LogP contribution in [-0.2, 0) is 25.7 Å². The molecule has 0 aromatic heterocycles. The van der Waals surface area contributed by atoms with E-state index in [0.29, 0.717) is 11.8 Å². The van der Waals surface area contributed by atoms with Crippen molar-refractivity contribution in [2.75, 3.05) is 0 Å². The molecule has 3 atom stereocenters. The van der Waals surface area contributed by atoms with Crippen LogP contribution in [0.1, 0.15) is 44.4 Å². The van der Waals surface area contributed by atoms with Crippen molar-refractivity contribution in [1.82, 2.24) is 10.6 Å². The number of aliphatic hydroxyl groups is 1. The van der Waals surface area contributed by atoms with Gasteiger partial charge in [0.1, 0.15) is 30.8 Å². The summed E-state index contributed by atoms with van der Waals surface area (Å²) in [5, 5.41) is 15.7. The zero-order valence-corrected chi connectivity index (χ0v) is 18.5. The van der Waals surface area contributed by atoms with Crippen LogP contribution in [0.5, 0.6) is 0 Å². The molecule has 2 aromatic rings. The highest BCUT2D eigenvalue weighted by Crippen LogP contribution is 2.13. The fourth-order valence-electron chi connectivity index (χ4n) is 2.87. The van der Waals surface area contributed by atoms with Gasteiger partial charge in [0.05, 0.1) is 6.04 Å². The molecule has 0 saturated heterocycles. The Morgan fingerprint density at radius 1 is 1.03 bits per heavy atom. The Kier molecular flexibility index (Phi) is 9.37. The number of alkyl carbamates (subject to hydrolysis) is 1. The molecule has 0 spiro atoms. The molecule has 3 N–H and O–H groups in total. The first kappa shape index (κ1) is 25.0. The van der Waals surface area contributed by atoms with Gasteiger partial charge in [-0.2, -0.15) is 0 Å². The van der Waals surface area contributed by atoms with Gasteiger partial charge in [-0.1, -0.05) is 60.7 Å². The Morgan fingerprint density at radius 3 is 2.19 bits per heavy atom. The molecule has 0 fully saturated rings. The predicted molar refractivity (Wildman–Crippen MR) is 118 cm³/mol. The van der Waals surface area contributed by atoms with Crippen LogP contribution in [0, 0.1) is 0 Å². The third kappa shape index (κ3) is 8.87. The molecule has 32 heavy (non-hydrogen) atoms. The highest BCUT2D eigenvalue weighted by Gasteiger charge is 2.29. The minimum absolute atomic E-state index is 0.0106. The summed E-state index contributed by atoms with van der Waals surface area (Å²) in [5.41, 5.74) is 0.667. The number of aliphatic hydroxyl groups excluding tert-OH is 1. The predicted octanol–water partition coefficient (Wildman–Crippen LogP) is 2.86. The van der Waals surface area contributed by atoms with Crippen LogP contribution in [0.4, 0.5) is 4.79 Å². The summed E-state index contributed by atoms with van der Waals surface area (Å²) < 4.78 is 10.5. The molecule has 8 nitrogen and oxygen atoms in total. The zero-order chi connectivity index (χ0) is 23.6. The summed E-state index contributed by atoms with van der Waals surface area (Å²) in [6.07, 6.45) is -1.68. The van der Waals surface area contributed by atoms with E-state index in [9.17, 15) is 19.5 Å². The van der Waals surface area contributed by atoms with Gasteiger partial charge in [0.2, 0.25) is 0 Å². The molecule has 8 heteroatoms. The monoisotopic (exact) mass is 442 g/mol. The quantitative estimate of drug-likeness (QED) is 0.294. The summed E-state index contributed by atoms with van der Waals surface area (Å²) in [6, 6.07) is 15.9. The van der Waals surface area contributed by atoms with Gasteiger partial charge in [-0.25, -0.2) is 9.59 Å². The van der Waals surface area contributed by atoms with Crippen LogP contribution in [0.25, 0.3) is 0 Å². The van der Waals surface area contributed by atoms with Crippen molar-refractivity contribution in [3.63, 3.8) is 0 Å². The van der Waals surface area contributed by atoms with E-state index in [1.165, 1.54) is 0 Å². The number of nitrogens with one attached hydrogen (secondary N) is 2. The number of amides is 1. The zero-order valence-electron chi connectivity index (χ0n) is 18.5. The lowest BCUT2D eigenvalue weighted by atomic mass is 10.1. The number of esters is 1. The molecule has 172 valence electrons. The van der Waals surface area contributed by atoms with Gasteiger partial charge in [-0.15, -0.1) is 0 Å². The van der Waals surface area contributed by atoms with E-state index >= 15 is 0 Å². The average Bonchev–Trinajstić information content (AvgIpc) is 2.75. The number of benzene rings is 2. The summed E-state index contributed by atoms with van der Waals surface area (Å²) >= 11 is 0. The van der Waals surface area contributed by atoms with Crippen LogP contribution < -0.4 is 10.6 Å². The maximum Gasteiger partial charge on any atom is 0.408 e. The van der Waals surface area contributed by atoms with Crippen LogP contribution in [0.15, 0.2) is 60.7 Å². The minimum atomic E-state index is -1.28. The Labute approximate surface area is 187 Å². The van der Waals surface area contributed by atoms with E-state index < -0.39 is 36.0 Å². The molecular formula is C24H30N2O6. The summed E-state index contributed by atoms with van der Waals surface area (Å²) in [4.78, 5) is 36.4. The molecule has 1 amide bonds. The molecule has 0 aliphatic carbocycles. The van der Waals surface area contributed by atoms with Crippen LogP contribution in [0.3, 0.4) is 0 Å². The third-order valence-electron chi connectivity index (χ3n) is 4.33. The molecule has 0 aliphatic heterocycles. The fourth-order valence-corrected chi connectivity index (χ4v) is 2.87. The highest BCUT2D eigenvalue weighted by molar-refractivity contribution is 5.81. The Morgan fingerprint density at radius 2 is 1.62 bits per heavy atom. The van der Waals surface area contributed by atoms with Crippen LogP contribution in [-0.4, -0.2) is 41.3 Å². The number of aldehydes is 1. The second kappa shape index (κ2) is 12.0. The van der Waals surface area contributed by atoms with E-state index in [0.717, 1.165) is 5.56 Å². The first-order valence-corrected chi connectivity index (χ1v) is 10.3. The van der Waals surface area contributed by atoms with Crippen molar-refractivity contribution >= 4 is 18.3 Å². The first-order chi connectivity index (χ1) is 15.2. The SMILES string of the molecule is CC(C)(C)OC(=O)NC(CC(O)N[C@H](C=O)c1ccccc1)C(=O)OCc1ccccc1. The normalized spacial score (nSPS) is 14.0. The standard InChI is InChI=1S/C24H30N2O6/c1-24(2,3)32-23(30)26-19(22(29)31-16-17-10-6-4-7-11-17)14-21(28)25-20(15-27)18-12-8-5-9-13-18/h4-13,15,19-21,25,28H,14,16H2,1-3H3,(H,26,30)/t19?,20-,21?/m1/s1. The van der Waals surface area contributed by atoms with Gasteiger partial charge >= 0.3 is 12.1 Å². The van der Waals surface area contributed by atoms with Gasteiger partial charge < -0.3 is 24.7 Å². The van der Waals surface area contributed by atoms with Gasteiger partial charge in [0.25, 0.3) is 0 Å². The number of carbonyl (C=O) groups excluding carboxylic acids is 3. The maximum atomic E-state index is 12.7. The number of ether oxygens (including phenoxy) is 2. The average molecular weight is 443 g/mol. The van der Waals surface area contributed by atoms with E-state index in [4.69, 9.17) is 9.47 Å². The Bertz CT molecular complexity index is 867. The van der Waals surface area contributed by atoms with Gasteiger partial charge in [-0.05, 0) is 31.9 Å². The van der Waals surface area contributed by atoms with E-state index in [-0.39, 0.29) is 13.0 Å². The second-order valence-electron chi connectivity index (χ2n) is 8.23. The number of hydrogen-bond donors (Lipinski definition) is 3. The topological polar surface area (TPSA) is 114 Å². The molecule has 2 unspecified atom stereocenters. The van der Waals surface area contributed by atoms with Crippen molar-refractivity contribution in [2.45, 2.75) is 57.7 Å². The Balaban J connectivity index is 2.05. The summed E-state index contributed by atoms with van der Waals surface area (Å²) in [7, 11) is 0. The first-order valence-electron chi connectivity index (χ1n) is 10.3. The van der Waals surface area contributed by atoms with Crippen molar-refractivity contribution in [3.05, 3.63) is 71.8 Å². The maximum absolute atomic E-state index is 12.7. The van der Waals surface area contributed by atoms with Crippen molar-refractivity contribution in [1.29, 1.82) is 0 Å². The summed E-state index contributed by atoms with van der Waals surface area (Å²) in [6.45, 7) is 5.09. The van der Waals surface area contributed by atoms with Crippen molar-refractivity contribution in [2.24, 2.45) is 0 Å². The summed E-state index contributed by atoms with van der Waals surface area (Å²) in [5.74, 6) is -0.733. The molecule has 0 radical (unpaired) electrons. The van der Waals surface area contributed by atoms with Crippen LogP contribution >= 0.6 is 0 Å². The molecule has 0 heterocycles. The largest absolute Gasteiger partial charge is 0.459 e.